The third-order valence-electron chi connectivity index (χ3n) is 8.56. The molecule has 0 aliphatic carbocycles. The SMILES string of the molecule is CCc1nnc(C(C)C)n1C1CCN(C(C)CC(c2cc(F)cc(F)c2)C2CCN(S(C)(=O)=O)CC2)CC1. The van der Waals surface area contributed by atoms with Crippen LogP contribution in [-0.4, -0.2) is 70.9 Å². The van der Waals surface area contributed by atoms with Gasteiger partial charge in [0.1, 0.15) is 23.3 Å². The fourth-order valence-electron chi connectivity index (χ4n) is 6.47. The van der Waals surface area contributed by atoms with Gasteiger partial charge in [0.15, 0.2) is 0 Å². The summed E-state index contributed by atoms with van der Waals surface area (Å²) in [5, 5.41) is 8.91. The van der Waals surface area contributed by atoms with Crippen molar-refractivity contribution in [1.29, 1.82) is 0 Å². The van der Waals surface area contributed by atoms with Crippen molar-refractivity contribution < 1.29 is 17.2 Å². The van der Waals surface area contributed by atoms with E-state index in [9.17, 15) is 17.2 Å². The Morgan fingerprint density at radius 1 is 0.947 bits per heavy atom. The van der Waals surface area contributed by atoms with Gasteiger partial charge in [-0.25, -0.2) is 21.5 Å². The number of likely N-dealkylation sites (tertiary alicyclic amines) is 1. The predicted octanol–water partition coefficient (Wildman–Crippen LogP) is 5.11. The van der Waals surface area contributed by atoms with Crippen LogP contribution in [0, 0.1) is 17.6 Å². The van der Waals surface area contributed by atoms with Crippen LogP contribution in [0.2, 0.25) is 0 Å². The van der Waals surface area contributed by atoms with E-state index in [-0.39, 0.29) is 17.9 Å². The molecule has 0 bridgehead atoms. The maximum absolute atomic E-state index is 14.2. The van der Waals surface area contributed by atoms with Gasteiger partial charge in [-0.2, -0.15) is 0 Å². The fraction of sp³-hybridized carbons (Fsp3) is 0.714. The number of rotatable bonds is 9. The summed E-state index contributed by atoms with van der Waals surface area (Å²) in [5.41, 5.74) is 0.681. The van der Waals surface area contributed by atoms with Crippen molar-refractivity contribution in [3.05, 3.63) is 47.0 Å². The molecule has 1 aromatic carbocycles. The van der Waals surface area contributed by atoms with Gasteiger partial charge >= 0.3 is 0 Å². The Labute approximate surface area is 226 Å². The Bertz CT molecular complexity index is 1170. The number of halogens is 2. The van der Waals surface area contributed by atoms with E-state index in [0.717, 1.165) is 56.5 Å². The molecule has 2 aromatic rings. The quantitative estimate of drug-likeness (QED) is 0.433. The van der Waals surface area contributed by atoms with Crippen molar-refractivity contribution in [2.45, 2.75) is 90.1 Å². The Morgan fingerprint density at radius 2 is 1.55 bits per heavy atom. The van der Waals surface area contributed by atoms with Crippen LogP contribution in [0.4, 0.5) is 8.78 Å². The lowest BCUT2D eigenvalue weighted by molar-refractivity contribution is 0.120. The number of benzene rings is 1. The standard InChI is InChI=1S/C28H43F2N5O2S/c1-6-27-31-32-28(19(2)3)35(27)25-9-11-33(12-10-25)20(4)15-26(22-16-23(29)18-24(30)17-22)21-7-13-34(14-8-21)38(5,36)37/h16-21,25-26H,6-15H2,1-5H3. The van der Waals surface area contributed by atoms with Gasteiger partial charge in [0.25, 0.3) is 0 Å². The van der Waals surface area contributed by atoms with Gasteiger partial charge in [-0.05, 0) is 68.6 Å². The van der Waals surface area contributed by atoms with Crippen LogP contribution in [0.5, 0.6) is 0 Å². The molecule has 2 saturated heterocycles. The minimum Gasteiger partial charge on any atom is -0.312 e. The van der Waals surface area contributed by atoms with Crippen molar-refractivity contribution in [2.75, 3.05) is 32.4 Å². The summed E-state index contributed by atoms with van der Waals surface area (Å²) in [7, 11) is -3.24. The Balaban J connectivity index is 1.47. The highest BCUT2D eigenvalue weighted by Crippen LogP contribution is 2.39. The average Bonchev–Trinajstić information content (AvgIpc) is 3.31. The van der Waals surface area contributed by atoms with E-state index in [1.807, 2.05) is 0 Å². The normalized spacial score (nSPS) is 20.7. The molecule has 38 heavy (non-hydrogen) atoms. The Hall–Kier alpha value is -1.91. The molecule has 7 nitrogen and oxygen atoms in total. The van der Waals surface area contributed by atoms with E-state index in [0.29, 0.717) is 43.5 Å². The van der Waals surface area contributed by atoms with Crippen LogP contribution in [0.3, 0.4) is 0 Å². The van der Waals surface area contributed by atoms with Gasteiger partial charge in [0, 0.05) is 56.7 Å². The van der Waals surface area contributed by atoms with Gasteiger partial charge in [-0.3, -0.25) is 0 Å². The van der Waals surface area contributed by atoms with E-state index in [1.165, 1.54) is 22.7 Å². The van der Waals surface area contributed by atoms with Crippen LogP contribution < -0.4 is 0 Å². The lowest BCUT2D eigenvalue weighted by Crippen LogP contribution is -2.43. The molecule has 2 atom stereocenters. The molecule has 0 saturated carbocycles. The summed E-state index contributed by atoms with van der Waals surface area (Å²) in [5.74, 6) is 1.44. The molecule has 4 rings (SSSR count). The molecular weight excluding hydrogens is 508 g/mol. The van der Waals surface area contributed by atoms with E-state index >= 15 is 0 Å². The summed E-state index contributed by atoms with van der Waals surface area (Å²) < 4.78 is 56.4. The number of aryl methyl sites for hydroxylation is 1. The lowest BCUT2D eigenvalue weighted by Gasteiger charge is -2.41. The van der Waals surface area contributed by atoms with Crippen LogP contribution >= 0.6 is 0 Å². The zero-order chi connectivity index (χ0) is 27.6. The molecule has 0 amide bonds. The van der Waals surface area contributed by atoms with Crippen molar-refractivity contribution in [2.24, 2.45) is 5.92 Å². The molecular formula is C28H43F2N5O2S. The highest BCUT2D eigenvalue weighted by molar-refractivity contribution is 7.88. The summed E-state index contributed by atoms with van der Waals surface area (Å²) in [4.78, 5) is 2.50. The molecule has 0 N–H and O–H groups in total. The van der Waals surface area contributed by atoms with Crippen LogP contribution in [0.15, 0.2) is 18.2 Å². The number of hydrogen-bond acceptors (Lipinski definition) is 5. The molecule has 3 heterocycles. The molecule has 0 spiro atoms. The van der Waals surface area contributed by atoms with Gasteiger partial charge in [0.2, 0.25) is 10.0 Å². The minimum atomic E-state index is -3.24. The smallest absolute Gasteiger partial charge is 0.211 e. The molecule has 2 fully saturated rings. The van der Waals surface area contributed by atoms with Gasteiger partial charge in [0.05, 0.1) is 6.26 Å². The highest BCUT2D eigenvalue weighted by Gasteiger charge is 2.34. The fourth-order valence-corrected chi connectivity index (χ4v) is 7.35. The minimum absolute atomic E-state index is 0.0354. The molecule has 2 aliphatic rings. The average molecular weight is 552 g/mol. The number of aromatic nitrogens is 3. The zero-order valence-electron chi connectivity index (χ0n) is 23.4. The Morgan fingerprint density at radius 3 is 2.08 bits per heavy atom. The van der Waals surface area contributed by atoms with Crippen molar-refractivity contribution >= 4 is 10.0 Å². The molecule has 10 heteroatoms. The number of piperidine rings is 2. The van der Waals surface area contributed by atoms with Crippen LogP contribution in [-0.2, 0) is 16.4 Å². The maximum atomic E-state index is 14.2. The second-order valence-corrected chi connectivity index (χ2v) is 13.5. The van der Waals surface area contributed by atoms with E-state index < -0.39 is 21.7 Å². The summed E-state index contributed by atoms with van der Waals surface area (Å²) >= 11 is 0. The summed E-state index contributed by atoms with van der Waals surface area (Å²) in [6.07, 6.45) is 6.29. The lowest BCUT2D eigenvalue weighted by atomic mass is 9.76. The summed E-state index contributed by atoms with van der Waals surface area (Å²) in [6.45, 7) is 11.5. The number of hydrogen-bond donors (Lipinski definition) is 0. The maximum Gasteiger partial charge on any atom is 0.211 e. The zero-order valence-corrected chi connectivity index (χ0v) is 24.2. The predicted molar refractivity (Wildman–Crippen MR) is 146 cm³/mol. The first-order valence-electron chi connectivity index (χ1n) is 14.1. The molecule has 2 unspecified atom stereocenters. The van der Waals surface area contributed by atoms with E-state index in [4.69, 9.17) is 0 Å². The first kappa shape index (κ1) is 29.1. The Kier molecular flexibility index (Phi) is 9.25. The monoisotopic (exact) mass is 551 g/mol. The first-order valence-corrected chi connectivity index (χ1v) is 15.9. The number of sulfonamides is 1. The molecule has 1 aromatic heterocycles. The van der Waals surface area contributed by atoms with Crippen molar-refractivity contribution in [3.63, 3.8) is 0 Å². The van der Waals surface area contributed by atoms with Gasteiger partial charge < -0.3 is 9.47 Å². The second kappa shape index (κ2) is 12.1. The second-order valence-electron chi connectivity index (χ2n) is 11.5. The third kappa shape index (κ3) is 6.62. The number of nitrogens with zero attached hydrogens (tertiary/aromatic N) is 5. The first-order chi connectivity index (χ1) is 18.0. The highest BCUT2D eigenvalue weighted by atomic mass is 32.2. The molecule has 2 aliphatic heterocycles. The van der Waals surface area contributed by atoms with Crippen LogP contribution in [0.25, 0.3) is 0 Å². The van der Waals surface area contributed by atoms with E-state index in [1.54, 1.807) is 0 Å². The van der Waals surface area contributed by atoms with Crippen molar-refractivity contribution in [3.8, 4) is 0 Å². The topological polar surface area (TPSA) is 71.3 Å². The summed E-state index contributed by atoms with van der Waals surface area (Å²) in [6, 6.07) is 4.45. The third-order valence-corrected chi connectivity index (χ3v) is 9.86. The van der Waals surface area contributed by atoms with Crippen LogP contribution in [0.1, 0.15) is 94.9 Å². The van der Waals surface area contributed by atoms with Crippen molar-refractivity contribution in [1.82, 2.24) is 24.0 Å². The van der Waals surface area contributed by atoms with E-state index in [2.05, 4.69) is 47.4 Å². The molecule has 0 radical (unpaired) electrons. The molecule has 212 valence electrons. The van der Waals surface area contributed by atoms with Gasteiger partial charge in [-0.1, -0.05) is 20.8 Å². The van der Waals surface area contributed by atoms with Gasteiger partial charge in [-0.15, -0.1) is 10.2 Å². The largest absolute Gasteiger partial charge is 0.312 e.